The Bertz CT molecular complexity index is 542. The minimum atomic E-state index is 0.704. The van der Waals surface area contributed by atoms with Crippen molar-refractivity contribution in [3.8, 4) is 0 Å². The summed E-state index contributed by atoms with van der Waals surface area (Å²) in [5.41, 5.74) is 0.909. The zero-order valence-corrected chi connectivity index (χ0v) is 11.6. The average molecular weight is 280 g/mol. The molecule has 0 aliphatic carbocycles. The summed E-state index contributed by atoms with van der Waals surface area (Å²) in [5.74, 6) is 1.74. The van der Waals surface area contributed by atoms with Crippen LogP contribution >= 0.6 is 11.6 Å². The molecular weight excluding hydrogens is 262 g/mol. The molecular formula is C14H18ClN3O. The van der Waals surface area contributed by atoms with Gasteiger partial charge in [-0.25, -0.2) is 4.98 Å². The van der Waals surface area contributed by atoms with Crippen LogP contribution < -0.4 is 4.90 Å². The van der Waals surface area contributed by atoms with Gasteiger partial charge in [0.15, 0.2) is 0 Å². The van der Waals surface area contributed by atoms with E-state index < -0.39 is 0 Å². The number of hydrogen-bond acceptors (Lipinski definition) is 4. The maximum atomic E-state index is 5.82. The minimum absolute atomic E-state index is 0.704. The van der Waals surface area contributed by atoms with E-state index in [1.54, 1.807) is 6.26 Å². The molecule has 0 amide bonds. The first-order chi connectivity index (χ1) is 9.38. The summed E-state index contributed by atoms with van der Waals surface area (Å²) in [4.78, 5) is 9.31. The van der Waals surface area contributed by atoms with Gasteiger partial charge in [0.2, 0.25) is 0 Å². The highest BCUT2D eigenvalue weighted by Crippen LogP contribution is 2.25. The number of nitrogens with zero attached hydrogens (tertiary/aromatic N) is 3. The second-order valence-electron chi connectivity index (χ2n) is 4.84. The predicted molar refractivity (Wildman–Crippen MR) is 78.0 cm³/mol. The lowest BCUT2D eigenvalue weighted by Gasteiger charge is -2.22. The summed E-state index contributed by atoms with van der Waals surface area (Å²) in [5, 5.41) is 1.10. The molecule has 0 N–H and O–H groups in total. The number of rotatable bonds is 3. The van der Waals surface area contributed by atoms with Crippen LogP contribution in [0.15, 0.2) is 29.0 Å². The lowest BCUT2D eigenvalue weighted by molar-refractivity contribution is 0.311. The fourth-order valence-electron chi connectivity index (χ4n) is 2.66. The number of halogens is 1. The standard InChI is InChI=1S/C14H18ClN3O/c15-4-8-17-6-1-7-18(10-9-17)14-12-3-11-19-13(12)2-5-16-14/h2-3,5,11H,1,4,6-10H2. The molecule has 0 aromatic carbocycles. The van der Waals surface area contributed by atoms with E-state index in [1.807, 2.05) is 18.3 Å². The molecule has 3 rings (SSSR count). The van der Waals surface area contributed by atoms with Crippen molar-refractivity contribution in [2.45, 2.75) is 6.42 Å². The molecule has 0 bridgehead atoms. The van der Waals surface area contributed by atoms with Crippen LogP contribution in [0.3, 0.4) is 0 Å². The average Bonchev–Trinajstić information content (AvgIpc) is 2.79. The molecule has 102 valence electrons. The fraction of sp³-hybridized carbons (Fsp3) is 0.500. The summed E-state index contributed by atoms with van der Waals surface area (Å²) in [6, 6.07) is 3.91. The van der Waals surface area contributed by atoms with Crippen LogP contribution in [-0.2, 0) is 0 Å². The molecule has 1 aliphatic heterocycles. The molecule has 4 nitrogen and oxygen atoms in total. The molecule has 5 heteroatoms. The molecule has 2 aromatic rings. The van der Waals surface area contributed by atoms with E-state index in [-0.39, 0.29) is 0 Å². The van der Waals surface area contributed by atoms with Gasteiger partial charge in [0.25, 0.3) is 0 Å². The van der Waals surface area contributed by atoms with Crippen molar-refractivity contribution in [2.75, 3.05) is 43.5 Å². The lowest BCUT2D eigenvalue weighted by atomic mass is 10.3. The monoisotopic (exact) mass is 279 g/mol. The van der Waals surface area contributed by atoms with E-state index in [1.165, 1.54) is 0 Å². The minimum Gasteiger partial charge on any atom is -0.464 e. The number of hydrogen-bond donors (Lipinski definition) is 0. The van der Waals surface area contributed by atoms with Crippen molar-refractivity contribution in [1.82, 2.24) is 9.88 Å². The van der Waals surface area contributed by atoms with Gasteiger partial charge < -0.3 is 14.2 Å². The fourth-order valence-corrected chi connectivity index (χ4v) is 2.90. The third-order valence-electron chi connectivity index (χ3n) is 3.65. The van der Waals surface area contributed by atoms with E-state index in [2.05, 4.69) is 14.8 Å². The Morgan fingerprint density at radius 3 is 3.05 bits per heavy atom. The van der Waals surface area contributed by atoms with Crippen LogP contribution in [0.25, 0.3) is 11.0 Å². The smallest absolute Gasteiger partial charge is 0.139 e. The van der Waals surface area contributed by atoms with Gasteiger partial charge in [-0.3, -0.25) is 0 Å². The molecule has 19 heavy (non-hydrogen) atoms. The number of fused-ring (bicyclic) bond motifs is 1. The van der Waals surface area contributed by atoms with E-state index in [9.17, 15) is 0 Å². The molecule has 0 spiro atoms. The first-order valence-electron chi connectivity index (χ1n) is 6.74. The SMILES string of the molecule is ClCCN1CCCN(c2nccc3occc23)CC1. The summed E-state index contributed by atoms with van der Waals surface area (Å²) in [6.45, 7) is 5.16. The van der Waals surface area contributed by atoms with E-state index in [0.717, 1.165) is 55.9 Å². The van der Waals surface area contributed by atoms with Gasteiger partial charge in [-0.15, -0.1) is 11.6 Å². The van der Waals surface area contributed by atoms with Gasteiger partial charge in [0, 0.05) is 38.3 Å². The van der Waals surface area contributed by atoms with Crippen LogP contribution in [0, 0.1) is 0 Å². The third-order valence-corrected chi connectivity index (χ3v) is 3.82. The number of aromatic nitrogens is 1. The van der Waals surface area contributed by atoms with Crippen molar-refractivity contribution >= 4 is 28.4 Å². The molecule has 0 saturated carbocycles. The van der Waals surface area contributed by atoms with Crippen molar-refractivity contribution in [3.63, 3.8) is 0 Å². The van der Waals surface area contributed by atoms with Crippen molar-refractivity contribution < 1.29 is 4.42 Å². The van der Waals surface area contributed by atoms with Gasteiger partial charge in [-0.1, -0.05) is 0 Å². The Labute approximate surface area is 117 Å². The van der Waals surface area contributed by atoms with E-state index >= 15 is 0 Å². The number of anilines is 1. The first kappa shape index (κ1) is 12.8. The molecule has 0 radical (unpaired) electrons. The maximum Gasteiger partial charge on any atom is 0.139 e. The Morgan fingerprint density at radius 2 is 2.16 bits per heavy atom. The first-order valence-corrected chi connectivity index (χ1v) is 7.27. The molecule has 3 heterocycles. The molecule has 1 saturated heterocycles. The number of furan rings is 1. The highest BCUT2D eigenvalue weighted by Gasteiger charge is 2.17. The van der Waals surface area contributed by atoms with E-state index in [4.69, 9.17) is 16.0 Å². The Balaban J connectivity index is 1.80. The lowest BCUT2D eigenvalue weighted by Crippen LogP contribution is -2.32. The molecule has 1 aliphatic rings. The van der Waals surface area contributed by atoms with Crippen molar-refractivity contribution in [3.05, 3.63) is 24.6 Å². The highest BCUT2D eigenvalue weighted by atomic mass is 35.5. The Hall–Kier alpha value is -1.26. The maximum absolute atomic E-state index is 5.82. The van der Waals surface area contributed by atoms with Crippen LogP contribution in [0.5, 0.6) is 0 Å². The molecule has 0 atom stereocenters. The second-order valence-corrected chi connectivity index (χ2v) is 5.22. The zero-order valence-electron chi connectivity index (χ0n) is 10.9. The Kier molecular flexibility index (Phi) is 3.89. The van der Waals surface area contributed by atoms with E-state index in [0.29, 0.717) is 5.88 Å². The summed E-state index contributed by atoms with van der Waals surface area (Å²) in [7, 11) is 0. The number of pyridine rings is 1. The number of alkyl halides is 1. The van der Waals surface area contributed by atoms with Crippen LogP contribution in [0.4, 0.5) is 5.82 Å². The molecule has 1 fully saturated rings. The summed E-state index contributed by atoms with van der Waals surface area (Å²) < 4.78 is 5.45. The van der Waals surface area contributed by atoms with Gasteiger partial charge in [0.1, 0.15) is 11.4 Å². The normalized spacial score (nSPS) is 17.8. The summed E-state index contributed by atoms with van der Waals surface area (Å²) in [6.07, 6.45) is 4.70. The summed E-state index contributed by atoms with van der Waals surface area (Å²) >= 11 is 5.82. The van der Waals surface area contributed by atoms with Crippen molar-refractivity contribution in [2.24, 2.45) is 0 Å². The van der Waals surface area contributed by atoms with Gasteiger partial charge in [-0.05, 0) is 25.1 Å². The van der Waals surface area contributed by atoms with Gasteiger partial charge in [0.05, 0.1) is 11.6 Å². The molecule has 0 unspecified atom stereocenters. The van der Waals surface area contributed by atoms with Crippen LogP contribution in [0.1, 0.15) is 6.42 Å². The third kappa shape index (κ3) is 2.69. The van der Waals surface area contributed by atoms with Crippen molar-refractivity contribution in [1.29, 1.82) is 0 Å². The molecule has 2 aromatic heterocycles. The largest absolute Gasteiger partial charge is 0.464 e. The van der Waals surface area contributed by atoms with Gasteiger partial charge >= 0.3 is 0 Å². The highest BCUT2D eigenvalue weighted by molar-refractivity contribution is 6.18. The van der Waals surface area contributed by atoms with Crippen LogP contribution in [0.2, 0.25) is 0 Å². The topological polar surface area (TPSA) is 32.5 Å². The quantitative estimate of drug-likeness (QED) is 0.809. The second kappa shape index (κ2) is 5.80. The Morgan fingerprint density at radius 1 is 1.21 bits per heavy atom. The van der Waals surface area contributed by atoms with Gasteiger partial charge in [-0.2, -0.15) is 0 Å². The predicted octanol–water partition coefficient (Wildman–Crippen LogP) is 2.58. The zero-order chi connectivity index (χ0) is 13.1. The van der Waals surface area contributed by atoms with Crippen LogP contribution in [-0.4, -0.2) is 48.5 Å².